The molecule has 5 aliphatic rings. The number of rotatable bonds is 19. The average Bonchev–Trinajstić information content (AvgIpc) is 3.88. The molecule has 6 rings (SSSR count). The second-order valence-corrected chi connectivity index (χ2v) is 17.9. The van der Waals surface area contributed by atoms with Crippen LogP contribution in [0.4, 0.5) is 0 Å². The predicted octanol–water partition coefficient (Wildman–Crippen LogP) is 8.12. The highest BCUT2D eigenvalue weighted by molar-refractivity contribution is 6.10. The number of aliphatic hydroxyl groups is 1. The van der Waals surface area contributed by atoms with Crippen molar-refractivity contribution < 1.29 is 24.2 Å². The van der Waals surface area contributed by atoms with Crippen molar-refractivity contribution >= 4 is 17.1 Å². The molecule has 9 heteroatoms. The molecule has 9 nitrogen and oxygen atoms in total. The monoisotopic (exact) mass is 757 g/mol. The Hall–Kier alpha value is -3.11. The second kappa shape index (κ2) is 18.0. The first kappa shape index (κ1) is 41.5. The first-order valence-corrected chi connectivity index (χ1v) is 21.3. The van der Waals surface area contributed by atoms with Crippen LogP contribution in [0.2, 0.25) is 0 Å². The maximum absolute atomic E-state index is 14.1. The molecular weight excluding hydrogens is 689 g/mol. The van der Waals surface area contributed by atoms with E-state index >= 15 is 0 Å². The van der Waals surface area contributed by atoms with Gasteiger partial charge in [0.05, 0.1) is 36.3 Å². The second-order valence-electron chi connectivity index (χ2n) is 17.9. The van der Waals surface area contributed by atoms with Gasteiger partial charge in [-0.15, -0.1) is 0 Å². The minimum atomic E-state index is -0.828. The van der Waals surface area contributed by atoms with Gasteiger partial charge in [0.2, 0.25) is 5.78 Å². The van der Waals surface area contributed by atoms with Crippen molar-refractivity contribution in [3.63, 3.8) is 0 Å². The molecule has 2 N–H and O–H groups in total. The predicted molar refractivity (Wildman–Crippen MR) is 220 cm³/mol. The fourth-order valence-corrected chi connectivity index (χ4v) is 9.33. The molecule has 1 saturated heterocycles. The summed E-state index contributed by atoms with van der Waals surface area (Å²) in [6.45, 7) is 17.2. The SMILES string of the molecule is C=C(CCNC[C@H](C)CCOC1=CCC2(C)C(=C1)CCC(=O)CN2CCCOC)C(=O)c1ncn([C@@]2(C)CCCC[C@@]2(O)CC2CC2)c1C1=CCC(C)C=C1. The largest absolute Gasteiger partial charge is 0.494 e. The van der Waals surface area contributed by atoms with Crippen LogP contribution < -0.4 is 5.32 Å². The summed E-state index contributed by atoms with van der Waals surface area (Å²) in [4.78, 5) is 33.8. The third kappa shape index (κ3) is 9.54. The number of likely N-dealkylation sites (tertiary alicyclic amines) is 1. The third-order valence-electron chi connectivity index (χ3n) is 13.5. The lowest BCUT2D eigenvalue weighted by molar-refractivity contribution is -0.120. The Morgan fingerprint density at radius 3 is 2.71 bits per heavy atom. The van der Waals surface area contributed by atoms with Gasteiger partial charge in [0.15, 0.2) is 0 Å². The maximum Gasteiger partial charge on any atom is 0.209 e. The van der Waals surface area contributed by atoms with Gasteiger partial charge in [0, 0.05) is 32.2 Å². The summed E-state index contributed by atoms with van der Waals surface area (Å²) in [5.74, 6) is 2.53. The van der Waals surface area contributed by atoms with E-state index in [4.69, 9.17) is 14.5 Å². The topological polar surface area (TPSA) is 106 Å². The lowest BCUT2D eigenvalue weighted by Gasteiger charge is -2.50. The van der Waals surface area contributed by atoms with Crippen LogP contribution in [0.1, 0.15) is 134 Å². The first-order chi connectivity index (χ1) is 26.4. The number of aromatic nitrogens is 2. The van der Waals surface area contributed by atoms with E-state index in [1.165, 1.54) is 18.4 Å². The van der Waals surface area contributed by atoms with Gasteiger partial charge < -0.3 is 24.5 Å². The van der Waals surface area contributed by atoms with Crippen molar-refractivity contribution in [2.24, 2.45) is 17.8 Å². The number of allylic oxidation sites excluding steroid dienone is 5. The van der Waals surface area contributed by atoms with Gasteiger partial charge in [-0.1, -0.05) is 64.3 Å². The van der Waals surface area contributed by atoms with Crippen molar-refractivity contribution in [2.45, 2.75) is 134 Å². The summed E-state index contributed by atoms with van der Waals surface area (Å²) >= 11 is 0. The lowest BCUT2D eigenvalue weighted by Crippen LogP contribution is -2.56. The number of nitrogens with zero attached hydrogens (tertiary/aromatic N) is 3. The summed E-state index contributed by atoms with van der Waals surface area (Å²) in [6.07, 6.45) is 25.1. The molecular formula is C46H68N4O5. The molecule has 0 aromatic carbocycles. The molecule has 0 bridgehead atoms. The lowest BCUT2D eigenvalue weighted by atomic mass is 9.67. The molecule has 0 radical (unpaired) electrons. The first-order valence-electron chi connectivity index (χ1n) is 21.3. The average molecular weight is 757 g/mol. The van der Waals surface area contributed by atoms with Gasteiger partial charge >= 0.3 is 0 Å². The highest BCUT2D eigenvalue weighted by Gasteiger charge is 2.53. The van der Waals surface area contributed by atoms with Gasteiger partial charge in [-0.05, 0) is 131 Å². The number of hydrogen-bond donors (Lipinski definition) is 2. The minimum Gasteiger partial charge on any atom is -0.494 e. The van der Waals surface area contributed by atoms with Crippen molar-refractivity contribution in [1.82, 2.24) is 19.8 Å². The van der Waals surface area contributed by atoms with Crippen LogP contribution in [0, 0.1) is 17.8 Å². The molecule has 5 atom stereocenters. The van der Waals surface area contributed by atoms with Crippen molar-refractivity contribution in [1.29, 1.82) is 0 Å². The Bertz CT molecular complexity index is 1680. The molecule has 0 amide bonds. The molecule has 1 aromatic rings. The molecule has 2 unspecified atom stereocenters. The number of ether oxygens (including phenoxy) is 2. The summed E-state index contributed by atoms with van der Waals surface area (Å²) in [7, 11) is 1.72. The highest BCUT2D eigenvalue weighted by Crippen LogP contribution is 2.51. The molecule has 4 aliphatic carbocycles. The van der Waals surface area contributed by atoms with E-state index in [1.54, 1.807) is 7.11 Å². The van der Waals surface area contributed by atoms with E-state index in [0.717, 1.165) is 94.3 Å². The van der Waals surface area contributed by atoms with Crippen LogP contribution in [0.3, 0.4) is 0 Å². The number of fused-ring (bicyclic) bond motifs is 1. The van der Waals surface area contributed by atoms with Crippen LogP contribution in [0.25, 0.3) is 5.57 Å². The molecule has 2 saturated carbocycles. The van der Waals surface area contributed by atoms with Gasteiger partial charge in [-0.3, -0.25) is 14.5 Å². The Balaban J connectivity index is 1.01. The number of nitrogens with one attached hydrogen (secondary N) is 1. The van der Waals surface area contributed by atoms with Crippen LogP contribution in [-0.2, 0) is 19.8 Å². The van der Waals surface area contributed by atoms with Crippen molar-refractivity contribution in [3.8, 4) is 0 Å². The number of methoxy groups -OCH3 is 1. The number of imidazole rings is 1. The molecule has 55 heavy (non-hydrogen) atoms. The van der Waals surface area contributed by atoms with E-state index in [-0.39, 0.29) is 11.3 Å². The van der Waals surface area contributed by atoms with Crippen LogP contribution >= 0.6 is 0 Å². The summed E-state index contributed by atoms with van der Waals surface area (Å²) in [6, 6.07) is 0. The zero-order valence-electron chi connectivity index (χ0n) is 34.5. The highest BCUT2D eigenvalue weighted by atomic mass is 16.5. The van der Waals surface area contributed by atoms with Gasteiger partial charge in [-0.2, -0.15) is 0 Å². The minimum absolute atomic E-state index is 0.114. The number of Topliss-reactive ketones (excluding diaryl/α,β-unsaturated/α-hetero) is 2. The standard InChI is InChI=1S/C46H68N4O5/c1-33-10-14-37(15-11-33)42-41(48-32-50(42)45(5)21-7-8-22-46(45,53)29-36-12-13-36)43(52)35(3)19-24-47-30-34(2)20-27-55-40-18-23-44(4)38(28-40)16-17-39(51)31-49(44)25-9-26-54-6/h10,14-15,18,28,32-34,36,47,53H,3,7-9,11-13,16-17,19-27,29-31H2,1-2,4-6H3/t33?,34-,44?,45+,46-/m1/s1. The van der Waals surface area contributed by atoms with E-state index in [0.29, 0.717) is 73.9 Å². The number of carbonyl (C=O) groups excluding carboxylic acids is 2. The normalized spacial score (nSPS) is 29.2. The van der Waals surface area contributed by atoms with Crippen molar-refractivity contribution in [2.75, 3.05) is 46.5 Å². The van der Waals surface area contributed by atoms with Crippen LogP contribution in [0.15, 0.2) is 60.2 Å². The molecule has 3 fully saturated rings. The molecule has 2 heterocycles. The number of ketones is 2. The molecule has 1 aliphatic heterocycles. The number of carbonyl (C=O) groups is 2. The zero-order valence-corrected chi connectivity index (χ0v) is 34.5. The van der Waals surface area contributed by atoms with Gasteiger partial charge in [0.1, 0.15) is 17.2 Å². The summed E-state index contributed by atoms with van der Waals surface area (Å²) < 4.78 is 13.7. The molecule has 302 valence electrons. The third-order valence-corrected chi connectivity index (χ3v) is 13.5. The number of hydrogen-bond acceptors (Lipinski definition) is 8. The molecule has 0 spiro atoms. The fraction of sp³-hybridized carbons (Fsp3) is 0.674. The maximum atomic E-state index is 14.1. The Morgan fingerprint density at radius 2 is 1.96 bits per heavy atom. The van der Waals surface area contributed by atoms with Crippen LogP contribution in [0.5, 0.6) is 0 Å². The van der Waals surface area contributed by atoms with E-state index < -0.39 is 11.1 Å². The zero-order chi connectivity index (χ0) is 39.2. The Morgan fingerprint density at radius 1 is 1.16 bits per heavy atom. The van der Waals surface area contributed by atoms with E-state index in [1.807, 2.05) is 6.33 Å². The van der Waals surface area contributed by atoms with Crippen molar-refractivity contribution in [3.05, 3.63) is 71.6 Å². The smallest absolute Gasteiger partial charge is 0.209 e. The van der Waals surface area contributed by atoms with E-state index in [9.17, 15) is 14.7 Å². The molecule has 1 aromatic heterocycles. The van der Waals surface area contributed by atoms with Crippen LogP contribution in [-0.4, -0.2) is 88.8 Å². The summed E-state index contributed by atoms with van der Waals surface area (Å²) in [5.41, 5.74) is 2.60. The Labute approximate surface area is 330 Å². The Kier molecular flexibility index (Phi) is 13.6. The quantitative estimate of drug-likeness (QED) is 0.0829. The summed E-state index contributed by atoms with van der Waals surface area (Å²) in [5, 5.41) is 15.8. The van der Waals surface area contributed by atoms with Gasteiger partial charge in [0.25, 0.3) is 0 Å². The van der Waals surface area contributed by atoms with E-state index in [2.05, 4.69) is 79.4 Å². The van der Waals surface area contributed by atoms with Gasteiger partial charge in [-0.25, -0.2) is 4.98 Å². The fourth-order valence-electron chi connectivity index (χ4n) is 9.33.